The number of hydrogen-bond donors (Lipinski definition) is 0. The van der Waals surface area contributed by atoms with E-state index in [-0.39, 0.29) is 0 Å². The van der Waals surface area contributed by atoms with Crippen molar-refractivity contribution in [3.05, 3.63) is 376 Å². The van der Waals surface area contributed by atoms with Crippen LogP contribution >= 0.6 is 0 Å². The quantitative estimate of drug-likeness (QED) is 0.115. The average Bonchev–Trinajstić information content (AvgIpc) is 0.727. The van der Waals surface area contributed by atoms with Crippen molar-refractivity contribution in [1.82, 2.24) is 0 Å². The standard InChI is InChI=1S/C52H32.C48H30/c1-2-12-35-29-36(24-21-33(35)11-1)37-25-22-34-23-26-38(31-40(34)30-37)51-46-17-7-9-19-48(46)52(49-20-10-8-18-47(49)51)39-27-28-45-43-15-4-3-13-41(43)42-14-5-6-16-44(42)50(45)32-39;1-2-12-33-27-34(24-21-31(33)11-1)35-25-22-32-23-26-37(29-38(32)28-35)47-42-17-7-9-19-44(42)48(45-20-10-8-18-43(45)47)46-30-36-13-3-4-14-39(36)40-15-5-6-16-41(40)46/h1-32H;1-30H. The molecule has 0 spiro atoms. The van der Waals surface area contributed by atoms with Gasteiger partial charge in [-0.1, -0.05) is 328 Å². The predicted octanol–water partition coefficient (Wildman–Crippen LogP) is 28.4. The Hall–Kier alpha value is -13.0. The molecule has 0 saturated heterocycles. The summed E-state index contributed by atoms with van der Waals surface area (Å²) in [6, 6.07) is 139. The van der Waals surface area contributed by atoms with Gasteiger partial charge in [0.15, 0.2) is 0 Å². The van der Waals surface area contributed by atoms with E-state index >= 15 is 0 Å². The molecule has 21 aromatic rings. The van der Waals surface area contributed by atoms with E-state index in [1.807, 2.05) is 0 Å². The molecule has 0 aliphatic rings. The molecule has 0 nitrogen and oxygen atoms in total. The molecule has 0 aromatic heterocycles. The van der Waals surface area contributed by atoms with E-state index in [9.17, 15) is 0 Å². The van der Waals surface area contributed by atoms with Crippen LogP contribution in [-0.4, -0.2) is 0 Å². The highest BCUT2D eigenvalue weighted by molar-refractivity contribution is 6.29. The molecular weight excluding hydrogens is 1200 g/mol. The first-order valence-electron chi connectivity index (χ1n) is 34.8. The summed E-state index contributed by atoms with van der Waals surface area (Å²) < 4.78 is 0. The van der Waals surface area contributed by atoms with Gasteiger partial charge in [-0.05, 0) is 255 Å². The van der Waals surface area contributed by atoms with Crippen molar-refractivity contribution < 1.29 is 0 Å². The Kier molecular flexibility index (Phi) is 13.4. The number of benzene rings is 21. The molecule has 0 heteroatoms. The zero-order chi connectivity index (χ0) is 65.8. The maximum atomic E-state index is 2.43. The summed E-state index contributed by atoms with van der Waals surface area (Å²) in [6.45, 7) is 0. The second kappa shape index (κ2) is 23.4. The SMILES string of the molecule is c1ccc2cc(-c3ccc4ccc(-c5c6ccccc6c(-c6cc7ccccc7c7ccccc67)c6ccccc56)cc4c3)ccc2c1.c1ccc2cc(-c3ccc4ccc(-c5c6ccccc6c(-c6ccc7c8ccccc8c8ccccc8c7c6)c6ccccc56)cc4c3)ccc2c1. The van der Waals surface area contributed by atoms with Gasteiger partial charge in [-0.25, -0.2) is 0 Å². The Morgan fingerprint density at radius 1 is 0.100 bits per heavy atom. The largest absolute Gasteiger partial charge is 0.0616 e. The predicted molar refractivity (Wildman–Crippen MR) is 433 cm³/mol. The zero-order valence-corrected chi connectivity index (χ0v) is 54.8. The topological polar surface area (TPSA) is 0 Å². The van der Waals surface area contributed by atoms with Crippen LogP contribution in [0.25, 0.3) is 207 Å². The van der Waals surface area contributed by atoms with Crippen LogP contribution in [0.3, 0.4) is 0 Å². The Bertz CT molecular complexity index is 6820. The monoisotopic (exact) mass is 1260 g/mol. The van der Waals surface area contributed by atoms with Gasteiger partial charge in [0.05, 0.1) is 0 Å². The maximum absolute atomic E-state index is 2.43. The van der Waals surface area contributed by atoms with E-state index in [4.69, 9.17) is 0 Å². The Morgan fingerprint density at radius 3 is 0.720 bits per heavy atom. The third-order valence-electron chi connectivity index (χ3n) is 21.4. The fourth-order valence-electron chi connectivity index (χ4n) is 16.7. The van der Waals surface area contributed by atoms with Crippen LogP contribution in [0.1, 0.15) is 0 Å². The lowest BCUT2D eigenvalue weighted by Crippen LogP contribution is -1.92. The summed E-state index contributed by atoms with van der Waals surface area (Å²) in [6.07, 6.45) is 0. The highest BCUT2D eigenvalue weighted by Crippen LogP contribution is 2.49. The highest BCUT2D eigenvalue weighted by Gasteiger charge is 2.22. The molecule has 0 bridgehead atoms. The molecule has 0 atom stereocenters. The molecule has 0 aliphatic heterocycles. The van der Waals surface area contributed by atoms with Gasteiger partial charge in [-0.2, -0.15) is 0 Å². The number of hydrogen-bond acceptors (Lipinski definition) is 0. The van der Waals surface area contributed by atoms with Gasteiger partial charge in [0.25, 0.3) is 0 Å². The summed E-state index contributed by atoms with van der Waals surface area (Å²) in [5.74, 6) is 0. The van der Waals surface area contributed by atoms with Gasteiger partial charge >= 0.3 is 0 Å². The summed E-state index contributed by atoms with van der Waals surface area (Å²) >= 11 is 0. The molecule has 0 amide bonds. The smallest absolute Gasteiger partial charge is 0.00199 e. The second-order valence-electron chi connectivity index (χ2n) is 26.9. The summed E-state index contributed by atoms with van der Waals surface area (Å²) in [5.41, 5.74) is 15.1. The van der Waals surface area contributed by atoms with Crippen molar-refractivity contribution in [3.8, 4) is 66.8 Å². The van der Waals surface area contributed by atoms with Crippen LogP contribution in [0.4, 0.5) is 0 Å². The van der Waals surface area contributed by atoms with E-state index in [1.165, 1.54) is 207 Å². The summed E-state index contributed by atoms with van der Waals surface area (Å²) in [5, 5.41) is 33.1. The molecule has 0 heterocycles. The molecule has 100 heavy (non-hydrogen) atoms. The minimum atomic E-state index is 1.23. The lowest BCUT2D eigenvalue weighted by atomic mass is 9.83. The number of rotatable bonds is 6. The van der Waals surface area contributed by atoms with Crippen molar-refractivity contribution >= 4 is 140 Å². The molecule has 0 aliphatic carbocycles. The van der Waals surface area contributed by atoms with E-state index in [0.717, 1.165) is 0 Å². The van der Waals surface area contributed by atoms with Gasteiger partial charge in [0.1, 0.15) is 0 Å². The molecule has 0 unspecified atom stereocenters. The van der Waals surface area contributed by atoms with Gasteiger partial charge in [-0.15, -0.1) is 0 Å². The third-order valence-corrected chi connectivity index (χ3v) is 21.4. The van der Waals surface area contributed by atoms with E-state index < -0.39 is 0 Å². The summed E-state index contributed by atoms with van der Waals surface area (Å²) in [4.78, 5) is 0. The van der Waals surface area contributed by atoms with Crippen LogP contribution < -0.4 is 0 Å². The van der Waals surface area contributed by atoms with Crippen molar-refractivity contribution in [2.24, 2.45) is 0 Å². The second-order valence-corrected chi connectivity index (χ2v) is 26.9. The van der Waals surface area contributed by atoms with Gasteiger partial charge in [0.2, 0.25) is 0 Å². The molecule has 0 saturated carbocycles. The highest BCUT2D eigenvalue weighted by atomic mass is 14.2. The van der Waals surface area contributed by atoms with E-state index in [2.05, 4.69) is 376 Å². The van der Waals surface area contributed by atoms with Crippen LogP contribution in [0.5, 0.6) is 0 Å². The normalized spacial score (nSPS) is 11.8. The maximum Gasteiger partial charge on any atom is -0.00199 e. The molecule has 0 N–H and O–H groups in total. The first kappa shape index (κ1) is 57.3. The van der Waals surface area contributed by atoms with Crippen molar-refractivity contribution in [1.29, 1.82) is 0 Å². The molecule has 21 rings (SSSR count). The van der Waals surface area contributed by atoms with Crippen molar-refractivity contribution in [2.75, 3.05) is 0 Å². The lowest BCUT2D eigenvalue weighted by molar-refractivity contribution is 1.66. The van der Waals surface area contributed by atoms with E-state index in [1.54, 1.807) is 0 Å². The third kappa shape index (κ3) is 9.44. The lowest BCUT2D eigenvalue weighted by Gasteiger charge is -2.20. The summed E-state index contributed by atoms with van der Waals surface area (Å²) in [7, 11) is 0. The van der Waals surface area contributed by atoms with Gasteiger partial charge in [0, 0.05) is 0 Å². The first-order chi connectivity index (χ1) is 49.6. The Morgan fingerprint density at radius 2 is 0.330 bits per heavy atom. The Labute approximate surface area is 579 Å². The molecule has 0 fully saturated rings. The zero-order valence-electron chi connectivity index (χ0n) is 54.8. The van der Waals surface area contributed by atoms with Crippen LogP contribution in [-0.2, 0) is 0 Å². The van der Waals surface area contributed by atoms with Gasteiger partial charge < -0.3 is 0 Å². The molecule has 0 radical (unpaired) electrons. The molecular formula is C100H62. The van der Waals surface area contributed by atoms with Gasteiger partial charge in [-0.3, -0.25) is 0 Å². The molecule has 21 aromatic carbocycles. The Balaban J connectivity index is 0.000000135. The van der Waals surface area contributed by atoms with Crippen molar-refractivity contribution in [3.63, 3.8) is 0 Å². The van der Waals surface area contributed by atoms with Crippen LogP contribution in [0, 0.1) is 0 Å². The van der Waals surface area contributed by atoms with E-state index in [0.29, 0.717) is 0 Å². The fourth-order valence-corrected chi connectivity index (χ4v) is 16.7. The number of fused-ring (bicyclic) bond motifs is 17. The minimum Gasteiger partial charge on any atom is -0.0616 e. The fraction of sp³-hybridized carbons (Fsp3) is 0. The average molecular weight is 1260 g/mol. The van der Waals surface area contributed by atoms with Crippen molar-refractivity contribution in [2.45, 2.75) is 0 Å². The van der Waals surface area contributed by atoms with Crippen LogP contribution in [0.15, 0.2) is 376 Å². The minimum absolute atomic E-state index is 1.23. The molecule has 462 valence electrons. The van der Waals surface area contributed by atoms with Crippen LogP contribution in [0.2, 0.25) is 0 Å². The first-order valence-corrected chi connectivity index (χ1v) is 34.8.